The summed E-state index contributed by atoms with van der Waals surface area (Å²) in [6.07, 6.45) is 0.560. The largest absolute Gasteiger partial charge is 0.478 e. The number of aliphatic imine (C=N–C) groups is 1. The highest BCUT2D eigenvalue weighted by Gasteiger charge is 2.46. The average Bonchev–Trinajstić information content (AvgIpc) is 2.56. The van der Waals surface area contributed by atoms with Crippen LogP contribution in [0.3, 0.4) is 0 Å². The Morgan fingerprint density at radius 2 is 2.08 bits per heavy atom. The first-order valence-electron chi connectivity index (χ1n) is 7.34. The first-order valence-corrected chi connectivity index (χ1v) is 7.72. The molecule has 0 saturated heterocycles. The second kappa shape index (κ2) is 5.17. The summed E-state index contributed by atoms with van der Waals surface area (Å²) >= 11 is 6.18. The highest BCUT2D eigenvalue weighted by Crippen LogP contribution is 2.54. The van der Waals surface area contributed by atoms with Gasteiger partial charge in [0.05, 0.1) is 13.7 Å². The van der Waals surface area contributed by atoms with Gasteiger partial charge in [-0.25, -0.2) is 4.99 Å². The molecular formula is C16H15ClN4O3. The molecule has 3 heterocycles. The van der Waals surface area contributed by atoms with Crippen molar-refractivity contribution in [3.05, 3.63) is 40.5 Å². The molecule has 2 aromatic rings. The molecular weight excluding hydrogens is 332 g/mol. The van der Waals surface area contributed by atoms with E-state index in [-0.39, 0.29) is 11.2 Å². The van der Waals surface area contributed by atoms with E-state index < -0.39 is 5.54 Å². The number of benzene rings is 1. The molecule has 2 aliphatic heterocycles. The number of amidine groups is 1. The minimum atomic E-state index is -0.805. The number of pyridine rings is 1. The fourth-order valence-corrected chi connectivity index (χ4v) is 3.39. The van der Waals surface area contributed by atoms with Gasteiger partial charge < -0.3 is 25.7 Å². The van der Waals surface area contributed by atoms with Gasteiger partial charge in [0.1, 0.15) is 16.4 Å². The highest BCUT2D eigenvalue weighted by atomic mass is 35.5. The zero-order chi connectivity index (χ0) is 16.9. The second-order valence-electron chi connectivity index (χ2n) is 5.60. The molecule has 1 unspecified atom stereocenters. The van der Waals surface area contributed by atoms with E-state index in [0.717, 1.165) is 11.1 Å². The molecule has 2 aliphatic rings. The van der Waals surface area contributed by atoms with Crippen molar-refractivity contribution in [1.82, 2.24) is 4.98 Å². The SMILES string of the molecule is COc1nc(Cl)cc2c1Oc1ccc(N)cc1C21CCOC(N)=N1. The molecule has 0 bridgehead atoms. The molecule has 0 fully saturated rings. The molecule has 1 spiro atoms. The Morgan fingerprint density at radius 3 is 2.83 bits per heavy atom. The average molecular weight is 347 g/mol. The van der Waals surface area contributed by atoms with Crippen LogP contribution in [0.15, 0.2) is 29.3 Å². The molecule has 4 N–H and O–H groups in total. The smallest absolute Gasteiger partial charge is 0.283 e. The van der Waals surface area contributed by atoms with E-state index >= 15 is 0 Å². The summed E-state index contributed by atoms with van der Waals surface area (Å²) in [6, 6.07) is 7.22. The number of aromatic nitrogens is 1. The third-order valence-electron chi connectivity index (χ3n) is 4.23. The van der Waals surface area contributed by atoms with Crippen molar-refractivity contribution >= 4 is 23.3 Å². The lowest BCUT2D eigenvalue weighted by Gasteiger charge is -2.39. The predicted octanol–water partition coefficient (Wildman–Crippen LogP) is 2.41. The zero-order valence-electron chi connectivity index (χ0n) is 12.9. The summed E-state index contributed by atoms with van der Waals surface area (Å²) < 4.78 is 16.7. The van der Waals surface area contributed by atoms with Crippen LogP contribution in [-0.4, -0.2) is 24.7 Å². The van der Waals surface area contributed by atoms with Gasteiger partial charge in [0.25, 0.3) is 11.9 Å². The van der Waals surface area contributed by atoms with Crippen LogP contribution in [0.4, 0.5) is 5.69 Å². The van der Waals surface area contributed by atoms with E-state index in [1.165, 1.54) is 7.11 Å². The Morgan fingerprint density at radius 1 is 1.25 bits per heavy atom. The first-order chi connectivity index (χ1) is 11.5. The van der Waals surface area contributed by atoms with Crippen LogP contribution in [0.1, 0.15) is 17.5 Å². The summed E-state index contributed by atoms with van der Waals surface area (Å²) in [5.41, 5.74) is 13.2. The summed E-state index contributed by atoms with van der Waals surface area (Å²) in [7, 11) is 1.51. The van der Waals surface area contributed by atoms with Gasteiger partial charge in [0, 0.05) is 23.2 Å². The van der Waals surface area contributed by atoms with Gasteiger partial charge in [-0.15, -0.1) is 0 Å². The van der Waals surface area contributed by atoms with Crippen molar-refractivity contribution in [2.24, 2.45) is 10.7 Å². The fourth-order valence-electron chi connectivity index (χ4n) is 3.21. The lowest BCUT2D eigenvalue weighted by Crippen LogP contribution is -2.38. The van der Waals surface area contributed by atoms with Gasteiger partial charge in [-0.3, -0.25) is 0 Å². The van der Waals surface area contributed by atoms with E-state index in [2.05, 4.69) is 9.98 Å². The van der Waals surface area contributed by atoms with Crippen LogP contribution in [0.5, 0.6) is 17.4 Å². The third kappa shape index (κ3) is 2.05. The number of halogens is 1. The summed E-state index contributed by atoms with van der Waals surface area (Å²) in [5, 5.41) is 0.279. The van der Waals surface area contributed by atoms with Gasteiger partial charge in [-0.05, 0) is 24.3 Å². The van der Waals surface area contributed by atoms with Gasteiger partial charge in [-0.1, -0.05) is 11.6 Å². The summed E-state index contributed by atoms with van der Waals surface area (Å²) in [6.45, 7) is 0.408. The van der Waals surface area contributed by atoms with Crippen LogP contribution in [-0.2, 0) is 10.3 Å². The van der Waals surface area contributed by atoms with Crippen LogP contribution < -0.4 is 20.9 Å². The highest BCUT2D eigenvalue weighted by molar-refractivity contribution is 6.29. The molecule has 0 saturated carbocycles. The number of nitrogens with zero attached hydrogens (tertiary/aromatic N) is 2. The van der Waals surface area contributed by atoms with E-state index in [1.54, 1.807) is 18.2 Å². The number of methoxy groups -OCH3 is 1. The van der Waals surface area contributed by atoms with E-state index in [0.29, 0.717) is 36.1 Å². The van der Waals surface area contributed by atoms with E-state index in [4.69, 9.17) is 37.3 Å². The zero-order valence-corrected chi connectivity index (χ0v) is 13.6. The quantitative estimate of drug-likeness (QED) is 0.607. The van der Waals surface area contributed by atoms with Crippen molar-refractivity contribution in [2.45, 2.75) is 12.0 Å². The summed E-state index contributed by atoms with van der Waals surface area (Å²) in [4.78, 5) is 8.78. The lowest BCUT2D eigenvalue weighted by atomic mass is 9.78. The van der Waals surface area contributed by atoms with Crippen LogP contribution >= 0.6 is 11.6 Å². The minimum absolute atomic E-state index is 0.106. The Bertz CT molecular complexity index is 871. The predicted molar refractivity (Wildman–Crippen MR) is 89.7 cm³/mol. The number of hydrogen-bond donors (Lipinski definition) is 2. The van der Waals surface area contributed by atoms with Gasteiger partial charge in [0.15, 0.2) is 5.75 Å². The van der Waals surface area contributed by atoms with Crippen molar-refractivity contribution in [3.8, 4) is 17.4 Å². The topological polar surface area (TPSA) is 105 Å². The molecule has 7 nitrogen and oxygen atoms in total. The molecule has 0 aliphatic carbocycles. The Hall–Kier alpha value is -2.67. The van der Waals surface area contributed by atoms with Crippen molar-refractivity contribution < 1.29 is 14.2 Å². The Labute approximate surface area is 143 Å². The fraction of sp³-hybridized carbons (Fsp3) is 0.250. The Kier molecular flexibility index (Phi) is 3.21. The van der Waals surface area contributed by atoms with Crippen molar-refractivity contribution in [2.75, 3.05) is 19.5 Å². The maximum atomic E-state index is 6.18. The van der Waals surface area contributed by atoms with E-state index in [9.17, 15) is 0 Å². The number of fused-ring (bicyclic) bond motifs is 4. The van der Waals surface area contributed by atoms with Crippen LogP contribution in [0, 0.1) is 0 Å². The lowest BCUT2D eigenvalue weighted by molar-refractivity contribution is 0.217. The monoisotopic (exact) mass is 346 g/mol. The standard InChI is InChI=1S/C16H15ClN4O3/c1-22-14-13-10(7-12(17)20-14)16(4-5-23-15(19)21-16)9-6-8(18)2-3-11(9)24-13/h2-3,6-7H,4-5,18H2,1H3,(H2,19,21). The molecule has 24 heavy (non-hydrogen) atoms. The second-order valence-corrected chi connectivity index (χ2v) is 5.98. The number of ether oxygens (including phenoxy) is 3. The van der Waals surface area contributed by atoms with Gasteiger partial charge in [0.2, 0.25) is 0 Å². The minimum Gasteiger partial charge on any atom is -0.478 e. The van der Waals surface area contributed by atoms with Crippen molar-refractivity contribution in [3.63, 3.8) is 0 Å². The first kappa shape index (κ1) is 14.9. The van der Waals surface area contributed by atoms with Crippen LogP contribution in [0.2, 0.25) is 5.15 Å². The third-order valence-corrected chi connectivity index (χ3v) is 4.42. The molecule has 1 aromatic heterocycles. The molecule has 0 radical (unpaired) electrons. The summed E-state index contributed by atoms with van der Waals surface area (Å²) in [5.74, 6) is 1.38. The number of rotatable bonds is 1. The Balaban J connectivity index is 2.08. The number of anilines is 1. The molecule has 4 rings (SSSR count). The molecule has 124 valence electrons. The number of nitrogen functional groups attached to an aromatic ring is 1. The molecule has 0 amide bonds. The maximum absolute atomic E-state index is 6.18. The van der Waals surface area contributed by atoms with Gasteiger partial charge in [-0.2, -0.15) is 4.98 Å². The number of hydrogen-bond acceptors (Lipinski definition) is 7. The maximum Gasteiger partial charge on any atom is 0.283 e. The van der Waals surface area contributed by atoms with Crippen molar-refractivity contribution in [1.29, 1.82) is 0 Å². The normalized spacial score (nSPS) is 21.2. The molecule has 8 heteroatoms. The van der Waals surface area contributed by atoms with E-state index in [1.807, 2.05) is 6.07 Å². The number of nitrogens with two attached hydrogens (primary N) is 2. The molecule has 1 atom stereocenters. The van der Waals surface area contributed by atoms with Gasteiger partial charge >= 0.3 is 0 Å². The molecule has 1 aromatic carbocycles. The van der Waals surface area contributed by atoms with Crippen LogP contribution in [0.25, 0.3) is 0 Å².